The predicted molar refractivity (Wildman–Crippen MR) is 107 cm³/mol. The Morgan fingerprint density at radius 2 is 1.13 bits per heavy atom. The van der Waals surface area contributed by atoms with E-state index in [1.54, 1.807) is 6.07 Å². The first kappa shape index (κ1) is 22.7. The summed E-state index contributed by atoms with van der Waals surface area (Å²) in [4.78, 5) is 25.3. The molecule has 9 heteroatoms. The average Bonchev–Trinajstić information content (AvgIpc) is 2.76. The standard InChI is InChI=1S/C21H24O9/c1-11(22)15-16(26-4)18(27-5)20(29-7)19(28-6)17(15)30-21(23)12-8-9-13(24-2)14(10-12)25-3/h8-10H,1-7H3. The SMILES string of the molecule is COc1ccc(C(=O)Oc2c(OC)c(OC)c(OC)c(OC)c2C(C)=O)cc1OC. The van der Waals surface area contributed by atoms with Gasteiger partial charge in [0.2, 0.25) is 17.2 Å². The number of ether oxygens (including phenoxy) is 7. The van der Waals surface area contributed by atoms with Crippen LogP contribution in [0.4, 0.5) is 0 Å². The lowest BCUT2D eigenvalue weighted by Gasteiger charge is -2.21. The molecule has 2 rings (SSSR count). The maximum Gasteiger partial charge on any atom is 0.343 e. The Balaban J connectivity index is 2.68. The van der Waals surface area contributed by atoms with E-state index in [9.17, 15) is 9.59 Å². The number of hydrogen-bond donors (Lipinski definition) is 0. The maximum absolute atomic E-state index is 12.9. The Labute approximate surface area is 174 Å². The highest BCUT2D eigenvalue weighted by atomic mass is 16.6. The Morgan fingerprint density at radius 1 is 0.633 bits per heavy atom. The Bertz CT molecular complexity index is 950. The lowest BCUT2D eigenvalue weighted by atomic mass is 10.1. The number of rotatable bonds is 9. The van der Waals surface area contributed by atoms with Gasteiger partial charge in [-0.15, -0.1) is 0 Å². The van der Waals surface area contributed by atoms with Gasteiger partial charge in [0.1, 0.15) is 5.56 Å². The molecule has 0 aliphatic heterocycles. The van der Waals surface area contributed by atoms with Gasteiger partial charge in [-0.1, -0.05) is 0 Å². The summed E-state index contributed by atoms with van der Waals surface area (Å²) in [7, 11) is 8.41. The van der Waals surface area contributed by atoms with Crippen LogP contribution < -0.4 is 33.2 Å². The number of ketones is 1. The van der Waals surface area contributed by atoms with Crippen molar-refractivity contribution in [3.63, 3.8) is 0 Å². The molecule has 0 spiro atoms. The molecule has 0 aromatic heterocycles. The van der Waals surface area contributed by atoms with Crippen LogP contribution in [-0.2, 0) is 0 Å². The molecule has 162 valence electrons. The highest BCUT2D eigenvalue weighted by Crippen LogP contribution is 2.53. The Hall–Kier alpha value is -3.62. The molecular formula is C21H24O9. The van der Waals surface area contributed by atoms with E-state index in [-0.39, 0.29) is 39.9 Å². The summed E-state index contributed by atoms with van der Waals surface area (Å²) >= 11 is 0. The fourth-order valence-electron chi connectivity index (χ4n) is 2.92. The van der Waals surface area contributed by atoms with Crippen LogP contribution >= 0.6 is 0 Å². The molecule has 0 fully saturated rings. The second-order valence-corrected chi connectivity index (χ2v) is 5.85. The van der Waals surface area contributed by atoms with Crippen molar-refractivity contribution < 1.29 is 42.7 Å². The summed E-state index contributed by atoms with van der Waals surface area (Å²) < 4.78 is 37.4. The smallest absolute Gasteiger partial charge is 0.343 e. The molecular weight excluding hydrogens is 396 g/mol. The van der Waals surface area contributed by atoms with Gasteiger partial charge in [-0.2, -0.15) is 0 Å². The molecule has 0 saturated carbocycles. The van der Waals surface area contributed by atoms with Crippen LogP contribution in [-0.4, -0.2) is 54.4 Å². The van der Waals surface area contributed by atoms with Gasteiger partial charge in [0.05, 0.1) is 48.2 Å². The zero-order valence-electron chi connectivity index (χ0n) is 17.9. The van der Waals surface area contributed by atoms with E-state index >= 15 is 0 Å². The first-order valence-corrected chi connectivity index (χ1v) is 8.73. The molecule has 0 unspecified atom stereocenters. The highest BCUT2D eigenvalue weighted by Gasteiger charge is 2.32. The van der Waals surface area contributed by atoms with Crippen molar-refractivity contribution >= 4 is 11.8 Å². The van der Waals surface area contributed by atoms with Crippen LogP contribution in [0.1, 0.15) is 27.6 Å². The van der Waals surface area contributed by atoms with E-state index in [4.69, 9.17) is 33.2 Å². The number of methoxy groups -OCH3 is 6. The molecule has 0 radical (unpaired) electrons. The molecule has 0 amide bonds. The molecule has 0 atom stereocenters. The summed E-state index contributed by atoms with van der Waals surface area (Å²) in [5.41, 5.74) is 0.138. The van der Waals surface area contributed by atoms with Crippen LogP contribution in [0.3, 0.4) is 0 Å². The van der Waals surface area contributed by atoms with Gasteiger partial charge in [-0.05, 0) is 25.1 Å². The third-order valence-electron chi connectivity index (χ3n) is 4.26. The van der Waals surface area contributed by atoms with Gasteiger partial charge in [0.25, 0.3) is 0 Å². The zero-order valence-corrected chi connectivity index (χ0v) is 17.9. The highest BCUT2D eigenvalue weighted by molar-refractivity contribution is 6.04. The summed E-state index contributed by atoms with van der Waals surface area (Å²) in [5.74, 6) is -0.247. The largest absolute Gasteiger partial charge is 0.493 e. The molecule has 0 aliphatic carbocycles. The Kier molecular flexibility index (Phi) is 7.35. The van der Waals surface area contributed by atoms with Gasteiger partial charge < -0.3 is 33.2 Å². The van der Waals surface area contributed by atoms with E-state index in [0.717, 1.165) is 0 Å². The normalized spacial score (nSPS) is 10.1. The van der Waals surface area contributed by atoms with Gasteiger partial charge in [0.15, 0.2) is 28.8 Å². The van der Waals surface area contributed by atoms with Gasteiger partial charge in [-0.25, -0.2) is 4.79 Å². The van der Waals surface area contributed by atoms with Crippen molar-refractivity contribution in [3.05, 3.63) is 29.3 Å². The molecule has 30 heavy (non-hydrogen) atoms. The number of Topliss-reactive ketones (excluding diaryl/α,β-unsaturated/α-hetero) is 1. The molecule has 0 saturated heterocycles. The third kappa shape index (κ3) is 4.05. The first-order valence-electron chi connectivity index (χ1n) is 8.73. The maximum atomic E-state index is 12.9. The fourth-order valence-corrected chi connectivity index (χ4v) is 2.92. The van der Waals surface area contributed by atoms with E-state index in [2.05, 4.69) is 0 Å². The lowest BCUT2D eigenvalue weighted by molar-refractivity contribution is 0.0725. The quantitative estimate of drug-likeness (QED) is 0.344. The summed E-state index contributed by atoms with van der Waals surface area (Å²) in [6, 6.07) is 4.52. The molecule has 2 aromatic carbocycles. The number of esters is 1. The Morgan fingerprint density at radius 3 is 1.60 bits per heavy atom. The summed E-state index contributed by atoms with van der Waals surface area (Å²) in [5, 5.41) is 0. The number of carbonyl (C=O) groups excluding carboxylic acids is 2. The van der Waals surface area contributed by atoms with Crippen LogP contribution in [0.5, 0.6) is 40.2 Å². The molecule has 0 aliphatic rings. The molecule has 9 nitrogen and oxygen atoms in total. The van der Waals surface area contributed by atoms with Gasteiger partial charge >= 0.3 is 5.97 Å². The van der Waals surface area contributed by atoms with Crippen molar-refractivity contribution in [1.82, 2.24) is 0 Å². The monoisotopic (exact) mass is 420 g/mol. The van der Waals surface area contributed by atoms with Gasteiger partial charge in [0, 0.05) is 0 Å². The fraction of sp³-hybridized carbons (Fsp3) is 0.333. The van der Waals surface area contributed by atoms with E-state index < -0.39 is 11.8 Å². The molecule has 0 bridgehead atoms. The molecule has 2 aromatic rings. The second-order valence-electron chi connectivity index (χ2n) is 5.85. The number of carbonyl (C=O) groups is 2. The number of benzene rings is 2. The minimum atomic E-state index is -0.758. The van der Waals surface area contributed by atoms with Crippen molar-refractivity contribution in [2.24, 2.45) is 0 Å². The van der Waals surface area contributed by atoms with Crippen LogP contribution in [0.2, 0.25) is 0 Å². The van der Waals surface area contributed by atoms with Crippen LogP contribution in [0.15, 0.2) is 18.2 Å². The minimum Gasteiger partial charge on any atom is -0.493 e. The van der Waals surface area contributed by atoms with Crippen molar-refractivity contribution in [1.29, 1.82) is 0 Å². The lowest BCUT2D eigenvalue weighted by Crippen LogP contribution is -2.14. The molecule has 0 heterocycles. The van der Waals surface area contributed by atoms with E-state index in [1.165, 1.54) is 61.7 Å². The zero-order chi connectivity index (χ0) is 22.4. The average molecular weight is 420 g/mol. The van der Waals surface area contributed by atoms with E-state index in [0.29, 0.717) is 11.5 Å². The second kappa shape index (κ2) is 9.73. The minimum absolute atomic E-state index is 0.00850. The van der Waals surface area contributed by atoms with Crippen molar-refractivity contribution in [2.75, 3.05) is 42.7 Å². The first-order chi connectivity index (χ1) is 14.4. The van der Waals surface area contributed by atoms with Crippen LogP contribution in [0, 0.1) is 0 Å². The number of hydrogen-bond acceptors (Lipinski definition) is 9. The van der Waals surface area contributed by atoms with Gasteiger partial charge in [-0.3, -0.25) is 4.79 Å². The van der Waals surface area contributed by atoms with Crippen molar-refractivity contribution in [3.8, 4) is 40.2 Å². The van der Waals surface area contributed by atoms with Crippen LogP contribution in [0.25, 0.3) is 0 Å². The summed E-state index contributed by atoms with van der Waals surface area (Å²) in [6.07, 6.45) is 0. The topological polar surface area (TPSA) is 98.8 Å². The summed E-state index contributed by atoms with van der Waals surface area (Å²) in [6.45, 7) is 1.30. The van der Waals surface area contributed by atoms with Crippen molar-refractivity contribution in [2.45, 2.75) is 6.92 Å². The molecule has 0 N–H and O–H groups in total. The predicted octanol–water partition coefficient (Wildman–Crippen LogP) is 3.16. The third-order valence-corrected chi connectivity index (χ3v) is 4.26. The van der Waals surface area contributed by atoms with E-state index in [1.807, 2.05) is 0 Å².